The SMILES string of the molecule is COP(C)(=O)OC1C(CCP(=O)(O)O)OC(n2cc(C)c(=O)[nH]c2=O)C1OCC1CC1. The summed E-state index contributed by atoms with van der Waals surface area (Å²) in [6, 6.07) is 0. The molecule has 12 nitrogen and oxygen atoms in total. The number of hydrogen-bond acceptors (Lipinski definition) is 8. The molecule has 31 heavy (non-hydrogen) atoms. The molecule has 1 saturated carbocycles. The van der Waals surface area contributed by atoms with E-state index in [1.54, 1.807) is 0 Å². The van der Waals surface area contributed by atoms with Crippen molar-refractivity contribution >= 4 is 15.2 Å². The number of H-pyrrole nitrogens is 1. The van der Waals surface area contributed by atoms with E-state index in [1.807, 2.05) is 0 Å². The van der Waals surface area contributed by atoms with E-state index in [0.29, 0.717) is 12.5 Å². The van der Waals surface area contributed by atoms with Gasteiger partial charge in [0.2, 0.25) is 0 Å². The third-order valence-corrected chi connectivity index (χ3v) is 7.41. The van der Waals surface area contributed by atoms with E-state index in [0.717, 1.165) is 17.4 Å². The molecule has 2 aliphatic rings. The minimum atomic E-state index is -4.35. The van der Waals surface area contributed by atoms with Gasteiger partial charge in [-0.3, -0.25) is 28.0 Å². The second-order valence-electron chi connectivity index (χ2n) is 7.99. The molecule has 1 aliphatic heterocycles. The summed E-state index contributed by atoms with van der Waals surface area (Å²) >= 11 is 0. The van der Waals surface area contributed by atoms with Crippen LogP contribution in [-0.2, 0) is 27.7 Å². The number of nitrogens with zero attached hydrogens (tertiary/aromatic N) is 1. The van der Waals surface area contributed by atoms with Gasteiger partial charge in [0, 0.05) is 25.5 Å². The monoisotopic (exact) mass is 482 g/mol. The van der Waals surface area contributed by atoms with Crippen LogP contribution in [0.4, 0.5) is 0 Å². The van der Waals surface area contributed by atoms with Crippen molar-refractivity contribution < 1.29 is 37.4 Å². The molecule has 3 rings (SSSR count). The van der Waals surface area contributed by atoms with Gasteiger partial charge in [0.1, 0.15) is 12.2 Å². The fourth-order valence-electron chi connectivity index (χ4n) is 3.34. The van der Waals surface area contributed by atoms with E-state index < -0.39 is 57.1 Å². The normalized spacial score (nSPS) is 28.5. The lowest BCUT2D eigenvalue weighted by atomic mass is 10.1. The highest BCUT2D eigenvalue weighted by Crippen LogP contribution is 2.50. The fourth-order valence-corrected chi connectivity index (χ4v) is 4.71. The Balaban J connectivity index is 1.97. The Morgan fingerprint density at radius 1 is 1.26 bits per heavy atom. The van der Waals surface area contributed by atoms with E-state index in [9.17, 15) is 28.5 Å². The van der Waals surface area contributed by atoms with Gasteiger partial charge in [-0.2, -0.15) is 0 Å². The summed E-state index contributed by atoms with van der Waals surface area (Å²) in [4.78, 5) is 45.0. The van der Waals surface area contributed by atoms with Crippen LogP contribution in [0, 0.1) is 12.8 Å². The number of ether oxygens (including phenoxy) is 2. The minimum Gasteiger partial charge on any atom is -0.370 e. The number of rotatable bonds is 10. The first kappa shape index (κ1) is 24.5. The molecule has 0 aromatic carbocycles. The molecule has 0 amide bonds. The zero-order valence-electron chi connectivity index (χ0n) is 17.5. The first-order valence-electron chi connectivity index (χ1n) is 9.85. The maximum absolute atomic E-state index is 12.6. The van der Waals surface area contributed by atoms with Gasteiger partial charge in [-0.15, -0.1) is 0 Å². The second-order valence-corrected chi connectivity index (χ2v) is 11.9. The fraction of sp³-hybridized carbons (Fsp3) is 0.765. The molecule has 5 atom stereocenters. The van der Waals surface area contributed by atoms with Crippen LogP contribution in [-0.4, -0.2) is 64.2 Å². The topological polar surface area (TPSA) is 166 Å². The highest BCUT2D eigenvalue weighted by atomic mass is 31.2. The van der Waals surface area contributed by atoms with Crippen LogP contribution in [0.3, 0.4) is 0 Å². The smallest absolute Gasteiger partial charge is 0.330 e. The molecule has 14 heteroatoms. The first-order valence-corrected chi connectivity index (χ1v) is 13.6. The van der Waals surface area contributed by atoms with Crippen molar-refractivity contribution in [3.63, 3.8) is 0 Å². The molecule has 3 N–H and O–H groups in total. The van der Waals surface area contributed by atoms with Crippen LogP contribution in [0.2, 0.25) is 0 Å². The van der Waals surface area contributed by atoms with Crippen LogP contribution in [0.15, 0.2) is 15.8 Å². The molecule has 1 aliphatic carbocycles. The molecule has 176 valence electrons. The Morgan fingerprint density at radius 2 is 1.94 bits per heavy atom. The number of aromatic nitrogens is 2. The van der Waals surface area contributed by atoms with E-state index in [4.69, 9.17) is 18.5 Å². The Hall–Kier alpha value is -1.10. The summed E-state index contributed by atoms with van der Waals surface area (Å²) in [6.07, 6.45) is -1.27. The quantitative estimate of drug-likeness (QED) is 0.409. The molecule has 1 aromatic heterocycles. The summed E-state index contributed by atoms with van der Waals surface area (Å²) < 4.78 is 47.7. The Morgan fingerprint density at radius 3 is 2.52 bits per heavy atom. The molecule has 2 fully saturated rings. The van der Waals surface area contributed by atoms with Gasteiger partial charge in [-0.05, 0) is 32.1 Å². The van der Waals surface area contributed by atoms with Crippen LogP contribution >= 0.6 is 15.2 Å². The van der Waals surface area contributed by atoms with E-state index >= 15 is 0 Å². The molecule has 0 radical (unpaired) electrons. The Bertz CT molecular complexity index is 997. The third kappa shape index (κ3) is 6.46. The molecule has 5 unspecified atom stereocenters. The number of aryl methyl sites for hydroxylation is 1. The zero-order valence-corrected chi connectivity index (χ0v) is 19.3. The van der Waals surface area contributed by atoms with Crippen molar-refractivity contribution in [2.45, 2.75) is 50.7 Å². The van der Waals surface area contributed by atoms with Crippen molar-refractivity contribution in [1.82, 2.24) is 9.55 Å². The van der Waals surface area contributed by atoms with Crippen LogP contribution in [0.25, 0.3) is 0 Å². The van der Waals surface area contributed by atoms with Gasteiger partial charge in [-0.1, -0.05) is 0 Å². The minimum absolute atomic E-state index is 0.129. The van der Waals surface area contributed by atoms with Gasteiger partial charge < -0.3 is 23.8 Å². The lowest BCUT2D eigenvalue weighted by Gasteiger charge is -2.27. The summed E-state index contributed by atoms with van der Waals surface area (Å²) in [5.41, 5.74) is -1.02. The van der Waals surface area contributed by atoms with Crippen molar-refractivity contribution in [2.24, 2.45) is 5.92 Å². The van der Waals surface area contributed by atoms with E-state index in [-0.39, 0.29) is 12.0 Å². The van der Waals surface area contributed by atoms with Crippen LogP contribution < -0.4 is 11.2 Å². The Kier molecular flexibility index (Phi) is 7.45. The van der Waals surface area contributed by atoms with Crippen molar-refractivity contribution in [3.05, 3.63) is 32.6 Å². The molecular formula is C17H28N2O10P2. The van der Waals surface area contributed by atoms with Gasteiger partial charge in [0.25, 0.3) is 5.56 Å². The molecule has 0 bridgehead atoms. The number of aromatic amines is 1. The molecule has 1 aromatic rings. The second kappa shape index (κ2) is 9.41. The maximum atomic E-state index is 12.6. The highest BCUT2D eigenvalue weighted by molar-refractivity contribution is 7.53. The van der Waals surface area contributed by atoms with Gasteiger partial charge >= 0.3 is 20.9 Å². The maximum Gasteiger partial charge on any atom is 0.330 e. The van der Waals surface area contributed by atoms with Crippen LogP contribution in [0.1, 0.15) is 31.1 Å². The summed E-state index contributed by atoms with van der Waals surface area (Å²) in [5.74, 6) is 0.348. The summed E-state index contributed by atoms with van der Waals surface area (Å²) in [6.45, 7) is 3.14. The van der Waals surface area contributed by atoms with E-state index in [1.165, 1.54) is 26.9 Å². The van der Waals surface area contributed by atoms with Crippen molar-refractivity contribution in [1.29, 1.82) is 0 Å². The summed E-state index contributed by atoms with van der Waals surface area (Å²) in [7, 11) is -6.68. The first-order chi connectivity index (χ1) is 14.4. The predicted octanol–water partition coefficient (Wildman–Crippen LogP) is 0.960. The lowest BCUT2D eigenvalue weighted by Crippen LogP contribution is -2.41. The molecule has 0 spiro atoms. The highest BCUT2D eigenvalue weighted by Gasteiger charge is 2.50. The van der Waals surface area contributed by atoms with Crippen molar-refractivity contribution in [2.75, 3.05) is 26.5 Å². The predicted molar refractivity (Wildman–Crippen MR) is 109 cm³/mol. The van der Waals surface area contributed by atoms with Crippen LogP contribution in [0.5, 0.6) is 0 Å². The molecular weight excluding hydrogens is 454 g/mol. The lowest BCUT2D eigenvalue weighted by molar-refractivity contribution is -0.0722. The van der Waals surface area contributed by atoms with Gasteiger partial charge in [0.15, 0.2) is 6.23 Å². The number of nitrogens with one attached hydrogen (secondary N) is 1. The van der Waals surface area contributed by atoms with Crippen molar-refractivity contribution in [3.8, 4) is 0 Å². The third-order valence-electron chi connectivity index (χ3n) is 5.28. The van der Waals surface area contributed by atoms with E-state index in [2.05, 4.69) is 4.98 Å². The molecule has 2 heterocycles. The largest absolute Gasteiger partial charge is 0.370 e. The molecule has 1 saturated heterocycles. The summed E-state index contributed by atoms with van der Waals surface area (Å²) in [5, 5.41) is 0. The Labute approximate surface area is 178 Å². The average molecular weight is 482 g/mol. The van der Waals surface area contributed by atoms with Gasteiger partial charge in [0.05, 0.1) is 18.9 Å². The standard InChI is InChI=1S/C17H28N2O10P2/c1-10-8-19(17(21)18-15(10)20)16-14(27-9-11-4-5-11)13(29-30(3,22)26-2)12(28-16)6-7-31(23,24)25/h8,11-14,16H,4-7,9H2,1-3H3,(H,18,20,21)(H2,23,24,25). The van der Waals surface area contributed by atoms with Gasteiger partial charge in [-0.25, -0.2) is 4.79 Å². The number of hydrogen-bond donors (Lipinski definition) is 3. The zero-order chi connectivity index (χ0) is 23.0. The average Bonchev–Trinajstić information content (AvgIpc) is 3.44.